The highest BCUT2D eigenvalue weighted by molar-refractivity contribution is 7.90. The Kier molecular flexibility index (Phi) is 5.96. The number of aromatic nitrogens is 1. The van der Waals surface area contributed by atoms with Crippen molar-refractivity contribution in [1.82, 2.24) is 9.71 Å². The molecule has 1 aliphatic rings. The van der Waals surface area contributed by atoms with Crippen molar-refractivity contribution < 1.29 is 17.6 Å². The predicted octanol–water partition coefficient (Wildman–Crippen LogP) is 3.17. The summed E-state index contributed by atoms with van der Waals surface area (Å²) in [5.41, 5.74) is 1.56. The third-order valence-corrected chi connectivity index (χ3v) is 6.78. The van der Waals surface area contributed by atoms with E-state index in [1.165, 1.54) is 6.26 Å². The first-order valence-electron chi connectivity index (χ1n) is 9.17. The van der Waals surface area contributed by atoms with Crippen molar-refractivity contribution in [3.63, 3.8) is 0 Å². The van der Waals surface area contributed by atoms with E-state index in [1.807, 2.05) is 24.3 Å². The monoisotopic (exact) mass is 391 g/mol. The van der Waals surface area contributed by atoms with Crippen molar-refractivity contribution in [3.8, 4) is 11.5 Å². The number of amides is 1. The minimum absolute atomic E-state index is 0.0240. The molecular formula is C19H25N3O4S. The van der Waals surface area contributed by atoms with Gasteiger partial charge in [-0.25, -0.2) is 18.1 Å². The van der Waals surface area contributed by atoms with Crippen molar-refractivity contribution >= 4 is 21.6 Å². The van der Waals surface area contributed by atoms with E-state index in [4.69, 9.17) is 4.42 Å². The second-order valence-electron chi connectivity index (χ2n) is 7.16. The zero-order valence-electron chi connectivity index (χ0n) is 15.5. The van der Waals surface area contributed by atoms with Gasteiger partial charge in [-0.3, -0.25) is 4.79 Å². The lowest BCUT2D eigenvalue weighted by Gasteiger charge is -2.28. The number of hydrogen-bond acceptors (Lipinski definition) is 5. The van der Waals surface area contributed by atoms with E-state index in [1.54, 1.807) is 20.0 Å². The summed E-state index contributed by atoms with van der Waals surface area (Å²) in [4.78, 5) is 16.6. The van der Waals surface area contributed by atoms with Crippen molar-refractivity contribution in [1.29, 1.82) is 0 Å². The van der Waals surface area contributed by atoms with Gasteiger partial charge in [0.1, 0.15) is 6.26 Å². The van der Waals surface area contributed by atoms with Crippen molar-refractivity contribution in [3.05, 3.63) is 36.7 Å². The van der Waals surface area contributed by atoms with Gasteiger partial charge < -0.3 is 9.73 Å². The van der Waals surface area contributed by atoms with Gasteiger partial charge in [0.2, 0.25) is 21.8 Å². The molecule has 0 aliphatic heterocycles. The Morgan fingerprint density at radius 2 is 1.81 bits per heavy atom. The smallest absolute Gasteiger partial charge is 0.227 e. The average Bonchev–Trinajstić information content (AvgIpc) is 3.17. The maximum absolute atomic E-state index is 12.5. The Morgan fingerprint density at radius 1 is 1.15 bits per heavy atom. The minimum Gasteiger partial charge on any atom is -0.445 e. The van der Waals surface area contributed by atoms with Crippen LogP contribution in [0.5, 0.6) is 0 Å². The highest BCUT2D eigenvalue weighted by Crippen LogP contribution is 2.27. The van der Waals surface area contributed by atoms with Crippen LogP contribution in [-0.2, 0) is 14.8 Å². The summed E-state index contributed by atoms with van der Waals surface area (Å²) in [7, 11) is -3.27. The average molecular weight is 391 g/mol. The van der Waals surface area contributed by atoms with Crippen LogP contribution in [0.25, 0.3) is 11.5 Å². The van der Waals surface area contributed by atoms with E-state index in [2.05, 4.69) is 15.0 Å². The van der Waals surface area contributed by atoms with Crippen molar-refractivity contribution in [2.24, 2.45) is 5.92 Å². The second kappa shape index (κ2) is 8.22. The van der Waals surface area contributed by atoms with Crippen LogP contribution in [0.1, 0.15) is 39.5 Å². The number of nitrogens with one attached hydrogen (secondary N) is 2. The lowest BCUT2D eigenvalue weighted by atomic mass is 9.86. The number of oxazole rings is 1. The molecule has 0 saturated heterocycles. The molecular weight excluding hydrogens is 366 g/mol. The molecule has 1 aliphatic carbocycles. The molecule has 1 saturated carbocycles. The number of benzene rings is 1. The molecule has 0 atom stereocenters. The maximum atomic E-state index is 12.5. The molecule has 0 spiro atoms. The Labute approximate surface area is 159 Å². The minimum atomic E-state index is -3.27. The molecule has 1 fully saturated rings. The Balaban J connectivity index is 1.51. The number of carbonyl (C=O) groups is 1. The number of anilines is 1. The largest absolute Gasteiger partial charge is 0.445 e. The van der Waals surface area contributed by atoms with Crippen LogP contribution in [-0.4, -0.2) is 30.6 Å². The van der Waals surface area contributed by atoms with Gasteiger partial charge in [0, 0.05) is 23.2 Å². The van der Waals surface area contributed by atoms with E-state index >= 15 is 0 Å². The molecule has 3 rings (SSSR count). The predicted molar refractivity (Wildman–Crippen MR) is 104 cm³/mol. The number of hydrogen-bond donors (Lipinski definition) is 2. The molecule has 7 nitrogen and oxygen atoms in total. The normalized spacial score (nSPS) is 20.6. The topological polar surface area (TPSA) is 101 Å². The number of sulfonamides is 1. The standard InChI is InChI=1S/C19H25N3O4S/c1-13(2)27(24,25)22-17-9-3-14(4-10-17)18(23)21-16-7-5-15(6-8-16)19-20-11-12-26-19/h5-8,11-14,17,22H,3-4,9-10H2,1-2H3,(H,21,23). The molecule has 1 amide bonds. The van der Waals surface area contributed by atoms with Crippen LogP contribution in [0.3, 0.4) is 0 Å². The van der Waals surface area contributed by atoms with Crippen LogP contribution in [0.2, 0.25) is 0 Å². The molecule has 146 valence electrons. The first-order valence-corrected chi connectivity index (χ1v) is 10.7. The van der Waals surface area contributed by atoms with E-state index in [9.17, 15) is 13.2 Å². The number of carbonyl (C=O) groups excluding carboxylic acids is 1. The van der Waals surface area contributed by atoms with E-state index in [0.717, 1.165) is 11.3 Å². The summed E-state index contributed by atoms with van der Waals surface area (Å²) in [5.74, 6) is 0.412. The Morgan fingerprint density at radius 3 is 2.37 bits per heavy atom. The second-order valence-corrected chi connectivity index (χ2v) is 9.43. The molecule has 1 aromatic heterocycles. The van der Waals surface area contributed by atoms with Gasteiger partial charge in [0.25, 0.3) is 0 Å². The SMILES string of the molecule is CC(C)S(=O)(=O)NC1CCC(C(=O)Nc2ccc(-c3ncco3)cc2)CC1. The van der Waals surface area contributed by atoms with Gasteiger partial charge in [0.05, 0.1) is 11.4 Å². The van der Waals surface area contributed by atoms with Crippen LogP contribution >= 0.6 is 0 Å². The van der Waals surface area contributed by atoms with Gasteiger partial charge in [-0.1, -0.05) is 0 Å². The van der Waals surface area contributed by atoms with Crippen LogP contribution in [0, 0.1) is 5.92 Å². The van der Waals surface area contributed by atoms with Crippen LogP contribution < -0.4 is 10.0 Å². The zero-order valence-corrected chi connectivity index (χ0v) is 16.3. The fourth-order valence-corrected chi connectivity index (χ4v) is 4.12. The van der Waals surface area contributed by atoms with Crippen molar-refractivity contribution in [2.45, 2.75) is 50.8 Å². The highest BCUT2D eigenvalue weighted by Gasteiger charge is 2.29. The molecule has 2 N–H and O–H groups in total. The fourth-order valence-electron chi connectivity index (χ4n) is 3.15. The molecule has 0 unspecified atom stereocenters. The molecule has 0 radical (unpaired) electrons. The van der Waals surface area contributed by atoms with E-state index in [0.29, 0.717) is 31.6 Å². The lowest BCUT2D eigenvalue weighted by Crippen LogP contribution is -2.42. The van der Waals surface area contributed by atoms with Crippen LogP contribution in [0.4, 0.5) is 5.69 Å². The molecule has 8 heteroatoms. The first-order chi connectivity index (χ1) is 12.8. The quantitative estimate of drug-likeness (QED) is 0.788. The molecule has 0 bridgehead atoms. The summed E-state index contributed by atoms with van der Waals surface area (Å²) in [6.45, 7) is 3.32. The third-order valence-electron chi connectivity index (χ3n) is 4.88. The van der Waals surface area contributed by atoms with Gasteiger partial charge >= 0.3 is 0 Å². The zero-order chi connectivity index (χ0) is 19.4. The van der Waals surface area contributed by atoms with E-state index in [-0.39, 0.29) is 17.9 Å². The fraction of sp³-hybridized carbons (Fsp3) is 0.474. The molecule has 27 heavy (non-hydrogen) atoms. The van der Waals surface area contributed by atoms with Gasteiger partial charge in [-0.2, -0.15) is 0 Å². The number of nitrogens with zero attached hydrogens (tertiary/aromatic N) is 1. The summed E-state index contributed by atoms with van der Waals surface area (Å²) in [6.07, 6.45) is 5.79. The van der Waals surface area contributed by atoms with Crippen molar-refractivity contribution in [2.75, 3.05) is 5.32 Å². The van der Waals surface area contributed by atoms with Crippen LogP contribution in [0.15, 0.2) is 41.1 Å². The highest BCUT2D eigenvalue weighted by atomic mass is 32.2. The third kappa shape index (κ3) is 4.95. The summed E-state index contributed by atoms with van der Waals surface area (Å²) in [6, 6.07) is 7.25. The van der Waals surface area contributed by atoms with Gasteiger partial charge in [-0.05, 0) is 63.8 Å². The molecule has 1 aromatic carbocycles. The van der Waals surface area contributed by atoms with E-state index < -0.39 is 15.3 Å². The lowest BCUT2D eigenvalue weighted by molar-refractivity contribution is -0.120. The summed E-state index contributed by atoms with van der Waals surface area (Å²) in [5, 5.41) is 2.49. The summed E-state index contributed by atoms with van der Waals surface area (Å²) >= 11 is 0. The summed E-state index contributed by atoms with van der Waals surface area (Å²) < 4.78 is 31.9. The Hall–Kier alpha value is -2.19. The molecule has 2 aromatic rings. The van der Waals surface area contributed by atoms with Gasteiger partial charge in [-0.15, -0.1) is 0 Å². The maximum Gasteiger partial charge on any atom is 0.227 e. The van der Waals surface area contributed by atoms with Gasteiger partial charge in [0.15, 0.2) is 0 Å². The number of rotatable bonds is 6. The first kappa shape index (κ1) is 19.6. The Bertz CT molecular complexity index is 853. The molecule has 1 heterocycles.